The van der Waals surface area contributed by atoms with Gasteiger partial charge in [-0.3, -0.25) is 0 Å². The zero-order valence-corrected chi connectivity index (χ0v) is 15.6. The molecule has 0 saturated carbocycles. The van der Waals surface area contributed by atoms with Gasteiger partial charge in [0, 0.05) is 0 Å². The van der Waals surface area contributed by atoms with Gasteiger partial charge >= 0.3 is 6.09 Å². The minimum Gasteiger partial charge on any atom is -0.444 e. The van der Waals surface area contributed by atoms with Crippen LogP contribution in [-0.4, -0.2) is 22.6 Å². The molecule has 0 aromatic heterocycles. The predicted octanol–water partition coefficient (Wildman–Crippen LogP) is 4.28. The average molecular weight is 337 g/mol. The van der Waals surface area contributed by atoms with Gasteiger partial charge in [-0.25, -0.2) is 9.79 Å². The number of ether oxygens (including phenoxy) is 1. The normalized spacial score (nSPS) is 13.6. The molecule has 0 heterocycles. The van der Waals surface area contributed by atoms with Crippen LogP contribution < -0.4 is 11.1 Å². The summed E-state index contributed by atoms with van der Waals surface area (Å²) in [6, 6.07) is 5.63. The van der Waals surface area contributed by atoms with Crippen molar-refractivity contribution in [2.75, 3.05) is 5.75 Å². The maximum absolute atomic E-state index is 11.9. The fourth-order valence-corrected chi connectivity index (χ4v) is 2.55. The fraction of sp³-hybridized carbons (Fsp3) is 0.529. The van der Waals surface area contributed by atoms with Crippen LogP contribution in [0, 0.1) is 6.92 Å². The van der Waals surface area contributed by atoms with Crippen LogP contribution in [0.4, 0.5) is 10.5 Å². The monoisotopic (exact) mass is 337 g/mol. The number of carbonyl (C=O) groups is 1. The molecule has 1 aromatic carbocycles. The number of carbonyl (C=O) groups excluding carboxylic acids is 1. The van der Waals surface area contributed by atoms with Gasteiger partial charge in [-0.2, -0.15) is 0 Å². The number of alkyl carbamates (subject to hydrolysis) is 1. The van der Waals surface area contributed by atoms with E-state index in [2.05, 4.69) is 10.3 Å². The van der Waals surface area contributed by atoms with Crippen molar-refractivity contribution in [3.8, 4) is 0 Å². The van der Waals surface area contributed by atoms with E-state index < -0.39 is 11.7 Å². The van der Waals surface area contributed by atoms with Crippen molar-refractivity contribution in [3.05, 3.63) is 29.3 Å². The second-order valence-corrected chi connectivity index (χ2v) is 7.53. The molecule has 0 fully saturated rings. The highest BCUT2D eigenvalue weighted by Gasteiger charge is 2.19. The summed E-state index contributed by atoms with van der Waals surface area (Å²) in [5, 5.41) is 3.40. The molecular formula is C17H27N3O2S. The largest absolute Gasteiger partial charge is 0.444 e. The first-order chi connectivity index (χ1) is 10.6. The number of benzene rings is 1. The Kier molecular flexibility index (Phi) is 6.94. The Hall–Kier alpha value is -1.69. The first-order valence-electron chi connectivity index (χ1n) is 7.70. The topological polar surface area (TPSA) is 76.7 Å². The van der Waals surface area contributed by atoms with Gasteiger partial charge in [0.15, 0.2) is 5.17 Å². The molecule has 1 atom stereocenters. The highest BCUT2D eigenvalue weighted by molar-refractivity contribution is 8.13. The van der Waals surface area contributed by atoms with Gasteiger partial charge in [0.05, 0.1) is 11.7 Å². The summed E-state index contributed by atoms with van der Waals surface area (Å²) in [7, 11) is 0. The van der Waals surface area contributed by atoms with Gasteiger partial charge in [-0.15, -0.1) is 0 Å². The zero-order valence-electron chi connectivity index (χ0n) is 14.8. The summed E-state index contributed by atoms with van der Waals surface area (Å²) in [4.78, 5) is 16.4. The van der Waals surface area contributed by atoms with E-state index >= 15 is 0 Å². The molecule has 0 bridgehead atoms. The lowest BCUT2D eigenvalue weighted by Gasteiger charge is -2.23. The summed E-state index contributed by atoms with van der Waals surface area (Å²) in [6.45, 7) is 11.4. The summed E-state index contributed by atoms with van der Waals surface area (Å²) in [5.41, 5.74) is 8.17. The van der Waals surface area contributed by atoms with Crippen molar-refractivity contribution in [3.63, 3.8) is 0 Å². The number of amides is 1. The molecule has 3 N–H and O–H groups in total. The van der Waals surface area contributed by atoms with Gasteiger partial charge in [-0.05, 0) is 57.6 Å². The lowest BCUT2D eigenvalue weighted by Crippen LogP contribution is -2.34. The van der Waals surface area contributed by atoms with E-state index in [0.29, 0.717) is 5.17 Å². The Bertz CT molecular complexity index is 580. The number of amidine groups is 1. The lowest BCUT2D eigenvalue weighted by atomic mass is 10.0. The van der Waals surface area contributed by atoms with Gasteiger partial charge in [-0.1, -0.05) is 30.8 Å². The van der Waals surface area contributed by atoms with Crippen LogP contribution in [0.2, 0.25) is 0 Å². The van der Waals surface area contributed by atoms with Crippen molar-refractivity contribution in [1.82, 2.24) is 5.32 Å². The molecule has 0 saturated heterocycles. The number of thioether (sulfide) groups is 1. The summed E-state index contributed by atoms with van der Waals surface area (Å²) >= 11 is 1.50. The Morgan fingerprint density at radius 2 is 2.09 bits per heavy atom. The molecule has 23 heavy (non-hydrogen) atoms. The zero-order chi connectivity index (χ0) is 17.6. The Morgan fingerprint density at radius 1 is 1.43 bits per heavy atom. The second-order valence-electron chi connectivity index (χ2n) is 6.24. The second kappa shape index (κ2) is 8.24. The highest BCUT2D eigenvalue weighted by Crippen LogP contribution is 2.27. The van der Waals surface area contributed by atoms with Gasteiger partial charge in [0.2, 0.25) is 0 Å². The van der Waals surface area contributed by atoms with E-state index in [1.807, 2.05) is 59.7 Å². The third-order valence-corrected chi connectivity index (χ3v) is 3.75. The Labute approximate surface area is 143 Å². The molecule has 1 unspecified atom stereocenters. The maximum Gasteiger partial charge on any atom is 0.408 e. The van der Waals surface area contributed by atoms with Crippen molar-refractivity contribution in [2.45, 2.75) is 53.2 Å². The van der Waals surface area contributed by atoms with E-state index in [1.54, 1.807) is 0 Å². The van der Waals surface area contributed by atoms with E-state index in [1.165, 1.54) is 11.8 Å². The molecule has 5 nitrogen and oxygen atoms in total. The highest BCUT2D eigenvalue weighted by atomic mass is 32.2. The molecule has 6 heteroatoms. The van der Waals surface area contributed by atoms with Gasteiger partial charge in [0.25, 0.3) is 0 Å². The Morgan fingerprint density at radius 3 is 2.65 bits per heavy atom. The van der Waals surface area contributed by atoms with Crippen molar-refractivity contribution in [1.29, 1.82) is 0 Å². The smallest absolute Gasteiger partial charge is 0.408 e. The molecule has 0 aliphatic heterocycles. The molecule has 0 aliphatic carbocycles. The van der Waals surface area contributed by atoms with Crippen molar-refractivity contribution in [2.24, 2.45) is 10.7 Å². The van der Waals surface area contributed by atoms with E-state index in [9.17, 15) is 4.79 Å². The summed E-state index contributed by atoms with van der Waals surface area (Å²) < 4.78 is 5.30. The quantitative estimate of drug-likeness (QED) is 0.635. The van der Waals surface area contributed by atoms with Gasteiger partial charge < -0.3 is 15.8 Å². The van der Waals surface area contributed by atoms with E-state index in [4.69, 9.17) is 10.5 Å². The number of nitrogens with one attached hydrogen (secondary N) is 1. The van der Waals surface area contributed by atoms with Crippen LogP contribution in [0.25, 0.3) is 0 Å². The first kappa shape index (κ1) is 19.4. The third-order valence-electron chi connectivity index (χ3n) is 3.07. The Balaban J connectivity index is 2.92. The van der Waals surface area contributed by atoms with Crippen LogP contribution >= 0.6 is 11.8 Å². The predicted molar refractivity (Wildman–Crippen MR) is 98.4 cm³/mol. The molecule has 0 radical (unpaired) electrons. The van der Waals surface area contributed by atoms with Crippen LogP contribution in [0.15, 0.2) is 23.2 Å². The average Bonchev–Trinajstić information content (AvgIpc) is 2.39. The van der Waals surface area contributed by atoms with Crippen LogP contribution in [0.1, 0.15) is 51.8 Å². The number of nitrogens with two attached hydrogens (primary N) is 1. The van der Waals surface area contributed by atoms with E-state index in [0.717, 1.165) is 22.6 Å². The van der Waals surface area contributed by atoms with E-state index in [-0.39, 0.29) is 6.04 Å². The number of nitrogens with zero attached hydrogens (tertiary/aromatic N) is 1. The van der Waals surface area contributed by atoms with Crippen molar-refractivity contribution < 1.29 is 9.53 Å². The SMILES string of the molecule is CCSC(N)=Nc1cccc(C(C)NC(=O)OC(C)(C)C)c1C. The maximum atomic E-state index is 11.9. The number of hydrogen-bond acceptors (Lipinski definition) is 4. The van der Waals surface area contributed by atoms with Crippen LogP contribution in [0.3, 0.4) is 0 Å². The molecule has 0 aliphatic rings. The lowest BCUT2D eigenvalue weighted by molar-refractivity contribution is 0.0508. The first-order valence-corrected chi connectivity index (χ1v) is 8.68. The standard InChI is InChI=1S/C17H27N3O2S/c1-7-23-15(18)20-14-10-8-9-13(11(14)2)12(3)19-16(21)22-17(4,5)6/h8-10,12H,7H2,1-6H3,(H2,18,20)(H,19,21). The summed E-state index contributed by atoms with van der Waals surface area (Å²) in [6.07, 6.45) is -0.431. The molecule has 1 aromatic rings. The molecular weight excluding hydrogens is 310 g/mol. The van der Waals surface area contributed by atoms with Crippen LogP contribution in [0.5, 0.6) is 0 Å². The third kappa shape index (κ3) is 6.52. The minimum absolute atomic E-state index is 0.181. The molecule has 1 rings (SSSR count). The number of aliphatic imine (C=N–C) groups is 1. The minimum atomic E-state index is -0.517. The molecule has 128 valence electrons. The van der Waals surface area contributed by atoms with Gasteiger partial charge in [0.1, 0.15) is 5.60 Å². The molecule has 1 amide bonds. The van der Waals surface area contributed by atoms with Crippen LogP contribution in [-0.2, 0) is 4.74 Å². The number of hydrogen-bond donors (Lipinski definition) is 2. The molecule has 0 spiro atoms. The van der Waals surface area contributed by atoms with Crippen molar-refractivity contribution >= 4 is 28.7 Å². The summed E-state index contributed by atoms with van der Waals surface area (Å²) in [5.74, 6) is 0.880. The fourth-order valence-electron chi connectivity index (χ4n) is 2.09. The number of rotatable bonds is 4.